The number of sulfonamides is 1. The van der Waals surface area contributed by atoms with E-state index in [2.05, 4.69) is 11.1 Å². The van der Waals surface area contributed by atoms with Gasteiger partial charge in [0.05, 0.1) is 10.1 Å². The van der Waals surface area contributed by atoms with Crippen LogP contribution in [0.2, 0.25) is 0 Å². The van der Waals surface area contributed by atoms with Gasteiger partial charge >= 0.3 is 0 Å². The summed E-state index contributed by atoms with van der Waals surface area (Å²) in [4.78, 5) is 19.5. The van der Waals surface area contributed by atoms with E-state index < -0.39 is 15.3 Å². The minimum Gasteiger partial charge on any atom is -0.431 e. The van der Waals surface area contributed by atoms with Gasteiger partial charge in [-0.2, -0.15) is 0 Å². The molecule has 0 saturated heterocycles. The van der Waals surface area contributed by atoms with Crippen molar-refractivity contribution in [3.63, 3.8) is 0 Å². The summed E-state index contributed by atoms with van der Waals surface area (Å²) in [6.07, 6.45) is 0.839. The second-order valence-electron chi connectivity index (χ2n) is 7.55. The number of anilines is 1. The number of benzene rings is 2. The van der Waals surface area contributed by atoms with Crippen molar-refractivity contribution in [2.24, 2.45) is 0 Å². The van der Waals surface area contributed by atoms with Crippen LogP contribution in [0.25, 0.3) is 11.1 Å². The highest BCUT2D eigenvalue weighted by Crippen LogP contribution is 2.35. The molecular weight excluding hydrogens is 422 g/mol. The highest BCUT2D eigenvalue weighted by molar-refractivity contribution is 8.00. The van der Waals surface area contributed by atoms with Crippen molar-refractivity contribution < 1.29 is 17.6 Å². The van der Waals surface area contributed by atoms with E-state index in [1.165, 1.54) is 43.6 Å². The van der Waals surface area contributed by atoms with E-state index in [1.807, 2.05) is 36.9 Å². The summed E-state index contributed by atoms with van der Waals surface area (Å²) in [5.41, 5.74) is 3.06. The maximum atomic E-state index is 13.1. The van der Waals surface area contributed by atoms with Gasteiger partial charge in [-0.1, -0.05) is 30.0 Å². The van der Waals surface area contributed by atoms with Crippen LogP contribution in [0.3, 0.4) is 0 Å². The van der Waals surface area contributed by atoms with Gasteiger partial charge in [0.25, 0.3) is 5.22 Å². The lowest BCUT2D eigenvalue weighted by molar-refractivity contribution is -0.118. The van der Waals surface area contributed by atoms with Crippen LogP contribution >= 0.6 is 11.8 Å². The molecule has 7 nitrogen and oxygen atoms in total. The van der Waals surface area contributed by atoms with Gasteiger partial charge in [0.2, 0.25) is 15.9 Å². The number of nitrogens with zero attached hydrogens (tertiary/aromatic N) is 3. The van der Waals surface area contributed by atoms with Gasteiger partial charge in [0.1, 0.15) is 5.52 Å². The van der Waals surface area contributed by atoms with Crippen molar-refractivity contribution in [2.45, 2.75) is 41.7 Å². The zero-order valence-corrected chi connectivity index (χ0v) is 18.8. The van der Waals surface area contributed by atoms with E-state index in [4.69, 9.17) is 4.42 Å². The number of para-hydroxylation sites is 1. The Morgan fingerprint density at radius 2 is 2.00 bits per heavy atom. The van der Waals surface area contributed by atoms with Crippen LogP contribution in [-0.2, 0) is 21.2 Å². The normalized spacial score (nSPS) is 17.5. The van der Waals surface area contributed by atoms with Gasteiger partial charge in [-0.15, -0.1) is 0 Å². The summed E-state index contributed by atoms with van der Waals surface area (Å²) >= 11 is 1.23. The van der Waals surface area contributed by atoms with Crippen molar-refractivity contribution in [3.05, 3.63) is 48.0 Å². The monoisotopic (exact) mass is 445 g/mol. The second kappa shape index (κ2) is 7.72. The minimum atomic E-state index is -3.56. The topological polar surface area (TPSA) is 83.7 Å². The summed E-state index contributed by atoms with van der Waals surface area (Å²) in [7, 11) is -0.596. The summed E-state index contributed by atoms with van der Waals surface area (Å²) < 4.78 is 31.6. The molecule has 4 rings (SSSR count). The molecule has 3 aromatic rings. The van der Waals surface area contributed by atoms with Crippen LogP contribution in [0.5, 0.6) is 0 Å². The molecule has 2 heterocycles. The van der Waals surface area contributed by atoms with Gasteiger partial charge in [-0.25, -0.2) is 17.7 Å². The molecule has 1 aliphatic heterocycles. The fraction of sp³-hybridized carbons (Fsp3) is 0.333. The molecule has 0 bridgehead atoms. The number of hydrogen-bond acceptors (Lipinski definition) is 6. The maximum absolute atomic E-state index is 13.1. The van der Waals surface area contributed by atoms with Crippen molar-refractivity contribution in [1.29, 1.82) is 0 Å². The number of hydrogen-bond donors (Lipinski definition) is 0. The average molecular weight is 446 g/mol. The van der Waals surface area contributed by atoms with Crippen LogP contribution in [0.1, 0.15) is 19.4 Å². The largest absolute Gasteiger partial charge is 0.431 e. The summed E-state index contributed by atoms with van der Waals surface area (Å²) in [6.45, 7) is 3.87. The van der Waals surface area contributed by atoms with Gasteiger partial charge < -0.3 is 9.32 Å². The van der Waals surface area contributed by atoms with Crippen LogP contribution < -0.4 is 4.90 Å². The Morgan fingerprint density at radius 1 is 1.27 bits per heavy atom. The van der Waals surface area contributed by atoms with Crippen molar-refractivity contribution in [1.82, 2.24) is 9.29 Å². The van der Waals surface area contributed by atoms with Gasteiger partial charge in [0.15, 0.2) is 5.58 Å². The second-order valence-corrected chi connectivity index (χ2v) is 11.0. The SMILES string of the molecule is CC(Sc1nc2cc(S(=O)(=O)N(C)C)ccc2o1)C(=O)N1c2ccccc2CC1C. The molecule has 0 saturated carbocycles. The van der Waals surface area contributed by atoms with E-state index >= 15 is 0 Å². The predicted octanol–water partition coefficient (Wildman–Crippen LogP) is 3.54. The van der Waals surface area contributed by atoms with E-state index in [9.17, 15) is 13.2 Å². The number of carbonyl (C=O) groups is 1. The molecule has 0 radical (unpaired) electrons. The quantitative estimate of drug-likeness (QED) is 0.559. The van der Waals surface area contributed by atoms with Gasteiger partial charge in [0, 0.05) is 25.8 Å². The molecule has 2 atom stereocenters. The first-order valence-electron chi connectivity index (χ1n) is 9.59. The third-order valence-electron chi connectivity index (χ3n) is 5.19. The Balaban J connectivity index is 1.56. The Kier molecular flexibility index (Phi) is 5.37. The molecule has 1 amide bonds. The van der Waals surface area contributed by atoms with E-state index in [0.29, 0.717) is 16.3 Å². The zero-order valence-electron chi connectivity index (χ0n) is 17.2. The summed E-state index contributed by atoms with van der Waals surface area (Å²) in [6, 6.07) is 12.6. The number of oxazole rings is 1. The van der Waals surface area contributed by atoms with Crippen molar-refractivity contribution in [3.8, 4) is 0 Å². The van der Waals surface area contributed by atoms with Crippen LogP contribution in [0.15, 0.2) is 57.0 Å². The molecule has 158 valence electrons. The molecule has 1 aromatic heterocycles. The van der Waals surface area contributed by atoms with Gasteiger partial charge in [-0.3, -0.25) is 4.79 Å². The number of aromatic nitrogens is 1. The van der Waals surface area contributed by atoms with E-state index in [-0.39, 0.29) is 16.8 Å². The first kappa shape index (κ1) is 20.9. The van der Waals surface area contributed by atoms with Crippen molar-refractivity contribution >= 4 is 44.5 Å². The summed E-state index contributed by atoms with van der Waals surface area (Å²) in [5, 5.41) is -0.0676. The first-order chi connectivity index (χ1) is 14.2. The minimum absolute atomic E-state index is 0.00409. The highest BCUT2D eigenvalue weighted by atomic mass is 32.2. The lowest BCUT2D eigenvalue weighted by Gasteiger charge is -2.25. The highest BCUT2D eigenvalue weighted by Gasteiger charge is 2.34. The Bertz CT molecular complexity index is 1220. The average Bonchev–Trinajstić information content (AvgIpc) is 3.25. The van der Waals surface area contributed by atoms with Crippen LogP contribution in [0, 0.1) is 0 Å². The van der Waals surface area contributed by atoms with E-state index in [1.54, 1.807) is 6.07 Å². The fourth-order valence-corrected chi connectivity index (χ4v) is 5.33. The maximum Gasteiger partial charge on any atom is 0.257 e. The lowest BCUT2D eigenvalue weighted by atomic mass is 10.1. The number of amides is 1. The molecule has 0 aliphatic carbocycles. The number of carbonyl (C=O) groups excluding carboxylic acids is 1. The zero-order chi connectivity index (χ0) is 21.6. The predicted molar refractivity (Wildman–Crippen MR) is 117 cm³/mol. The third-order valence-corrected chi connectivity index (χ3v) is 7.93. The molecule has 0 fully saturated rings. The molecule has 9 heteroatoms. The Morgan fingerprint density at radius 3 is 2.73 bits per heavy atom. The number of fused-ring (bicyclic) bond motifs is 2. The molecule has 0 spiro atoms. The van der Waals surface area contributed by atoms with E-state index in [0.717, 1.165) is 16.4 Å². The van der Waals surface area contributed by atoms with Crippen LogP contribution in [-0.4, -0.2) is 49.0 Å². The molecular formula is C21H23N3O4S2. The lowest BCUT2D eigenvalue weighted by Crippen LogP contribution is -2.40. The molecule has 1 aliphatic rings. The number of thioether (sulfide) groups is 1. The third kappa shape index (κ3) is 3.61. The molecule has 30 heavy (non-hydrogen) atoms. The van der Waals surface area contributed by atoms with Gasteiger partial charge in [-0.05, 0) is 50.1 Å². The molecule has 0 N–H and O–H groups in total. The first-order valence-corrected chi connectivity index (χ1v) is 11.9. The molecule has 2 unspecified atom stereocenters. The Labute approximate surface area is 180 Å². The smallest absolute Gasteiger partial charge is 0.257 e. The standard InChI is InChI=1S/C21H23N3O4S2/c1-13-11-15-7-5-6-8-18(15)24(13)20(25)14(2)29-21-22-17-12-16(9-10-19(17)28-21)30(26,27)23(3)4/h5-10,12-14H,11H2,1-4H3. The summed E-state index contributed by atoms with van der Waals surface area (Å²) in [5.74, 6) is -0.00409. The fourth-order valence-electron chi connectivity index (χ4n) is 3.61. The van der Waals surface area contributed by atoms with Crippen molar-refractivity contribution in [2.75, 3.05) is 19.0 Å². The Hall–Kier alpha value is -2.36. The number of rotatable bonds is 5. The van der Waals surface area contributed by atoms with Crippen LogP contribution in [0.4, 0.5) is 5.69 Å². The molecule has 2 aromatic carbocycles.